The molecule has 3 rings (SSSR count). The molecule has 1 amide bonds. The van der Waals surface area contributed by atoms with Gasteiger partial charge in [-0.1, -0.05) is 36.6 Å². The van der Waals surface area contributed by atoms with Crippen molar-refractivity contribution in [1.29, 1.82) is 0 Å². The zero-order valence-electron chi connectivity index (χ0n) is 14.6. The number of nitrogens with one attached hydrogen (secondary N) is 1. The lowest BCUT2D eigenvalue weighted by Crippen LogP contribution is -2.51. The lowest BCUT2D eigenvalue weighted by molar-refractivity contribution is -0.136. The first-order chi connectivity index (χ1) is 11.6. The van der Waals surface area contributed by atoms with Crippen LogP contribution in [0.2, 0.25) is 5.02 Å². The van der Waals surface area contributed by atoms with Gasteiger partial charge in [-0.2, -0.15) is 0 Å². The Bertz CT molecular complexity index is 565. The summed E-state index contributed by atoms with van der Waals surface area (Å²) in [6.45, 7) is 2.30. The van der Waals surface area contributed by atoms with Crippen LogP contribution in [0.3, 0.4) is 0 Å². The zero-order valence-corrected chi connectivity index (χ0v) is 16.1. The van der Waals surface area contributed by atoms with Crippen LogP contribution in [0.1, 0.15) is 44.1 Å². The van der Waals surface area contributed by atoms with Crippen molar-refractivity contribution in [2.75, 3.05) is 26.3 Å². The Morgan fingerprint density at radius 2 is 1.72 bits per heavy atom. The molecule has 4 nitrogen and oxygen atoms in total. The van der Waals surface area contributed by atoms with E-state index in [9.17, 15) is 4.79 Å². The topological polar surface area (TPSA) is 64.4 Å². The molecular weight excluding hydrogens is 359 g/mol. The Morgan fingerprint density at radius 1 is 1.12 bits per heavy atom. The van der Waals surface area contributed by atoms with Crippen molar-refractivity contribution in [2.45, 2.75) is 43.9 Å². The van der Waals surface area contributed by atoms with E-state index in [0.29, 0.717) is 39.1 Å². The van der Waals surface area contributed by atoms with Gasteiger partial charge < -0.3 is 15.8 Å². The van der Waals surface area contributed by atoms with Crippen molar-refractivity contribution in [2.24, 2.45) is 11.1 Å². The van der Waals surface area contributed by atoms with Gasteiger partial charge in [0.1, 0.15) is 0 Å². The van der Waals surface area contributed by atoms with Crippen LogP contribution < -0.4 is 11.1 Å². The Labute approximate surface area is 161 Å². The highest BCUT2D eigenvalue weighted by Gasteiger charge is 2.41. The molecule has 0 aromatic heterocycles. The van der Waals surface area contributed by atoms with Crippen LogP contribution in [0.4, 0.5) is 0 Å². The van der Waals surface area contributed by atoms with Gasteiger partial charge >= 0.3 is 0 Å². The lowest BCUT2D eigenvalue weighted by Gasteiger charge is -2.37. The molecule has 1 heterocycles. The number of hydrogen-bond donors (Lipinski definition) is 2. The molecule has 3 N–H and O–H groups in total. The highest BCUT2D eigenvalue weighted by Crippen LogP contribution is 2.41. The van der Waals surface area contributed by atoms with Crippen LogP contribution in [0, 0.1) is 5.41 Å². The van der Waals surface area contributed by atoms with Crippen molar-refractivity contribution >= 4 is 29.9 Å². The summed E-state index contributed by atoms with van der Waals surface area (Å²) in [5.74, 6) is 0.0912. The summed E-state index contributed by atoms with van der Waals surface area (Å²) in [7, 11) is 0. The molecule has 1 aliphatic carbocycles. The zero-order chi connectivity index (χ0) is 17.0. The summed E-state index contributed by atoms with van der Waals surface area (Å²) in [5, 5.41) is 3.98. The lowest BCUT2D eigenvalue weighted by atomic mass is 9.77. The van der Waals surface area contributed by atoms with Crippen LogP contribution in [0.5, 0.6) is 0 Å². The average molecular weight is 387 g/mol. The maximum atomic E-state index is 12.9. The van der Waals surface area contributed by atoms with Crippen LogP contribution in [-0.4, -0.2) is 32.2 Å². The molecule has 0 spiro atoms. The van der Waals surface area contributed by atoms with Crippen LogP contribution in [-0.2, 0) is 14.9 Å². The van der Waals surface area contributed by atoms with Gasteiger partial charge in [0.05, 0.1) is 5.41 Å². The number of amides is 1. The van der Waals surface area contributed by atoms with E-state index in [-0.39, 0.29) is 23.7 Å². The summed E-state index contributed by atoms with van der Waals surface area (Å²) >= 11 is 6.03. The van der Waals surface area contributed by atoms with E-state index in [1.165, 1.54) is 18.4 Å². The Hall–Kier alpha value is -0.810. The van der Waals surface area contributed by atoms with E-state index >= 15 is 0 Å². The van der Waals surface area contributed by atoms with Crippen LogP contribution >= 0.6 is 24.0 Å². The smallest absolute Gasteiger partial charge is 0.227 e. The maximum Gasteiger partial charge on any atom is 0.227 e. The van der Waals surface area contributed by atoms with E-state index in [4.69, 9.17) is 22.1 Å². The van der Waals surface area contributed by atoms with E-state index in [1.54, 1.807) is 0 Å². The van der Waals surface area contributed by atoms with Gasteiger partial charge in [-0.05, 0) is 43.4 Å². The predicted molar refractivity (Wildman–Crippen MR) is 103 cm³/mol. The van der Waals surface area contributed by atoms with E-state index in [2.05, 4.69) is 17.4 Å². The fraction of sp³-hybridized carbons (Fsp3) is 0.632. The SMILES string of the molecule is Cl.NCC1(C(=O)NCC2(c3ccc(Cl)cc3)CCCC2)CCOCC1. The molecule has 0 atom stereocenters. The second-order valence-corrected chi connectivity index (χ2v) is 7.71. The largest absolute Gasteiger partial charge is 0.381 e. The summed E-state index contributed by atoms with van der Waals surface area (Å²) in [6.07, 6.45) is 6.04. The molecule has 2 aliphatic rings. The molecule has 1 aromatic rings. The highest BCUT2D eigenvalue weighted by atomic mass is 35.5. The van der Waals surface area contributed by atoms with Crippen molar-refractivity contribution in [3.05, 3.63) is 34.9 Å². The number of carbonyl (C=O) groups excluding carboxylic acids is 1. The van der Waals surface area contributed by atoms with Crippen molar-refractivity contribution in [3.63, 3.8) is 0 Å². The summed E-state index contributed by atoms with van der Waals surface area (Å²) < 4.78 is 5.41. The van der Waals surface area contributed by atoms with Gasteiger partial charge in [0.25, 0.3) is 0 Å². The van der Waals surface area contributed by atoms with E-state index < -0.39 is 5.41 Å². The minimum Gasteiger partial charge on any atom is -0.381 e. The molecular formula is C19H28Cl2N2O2. The van der Waals surface area contributed by atoms with Gasteiger partial charge in [-0.3, -0.25) is 4.79 Å². The Kier molecular flexibility index (Phi) is 7.15. The first kappa shape index (κ1) is 20.5. The van der Waals surface area contributed by atoms with Crippen LogP contribution in [0.15, 0.2) is 24.3 Å². The van der Waals surface area contributed by atoms with Gasteiger partial charge in [0, 0.05) is 36.7 Å². The van der Waals surface area contributed by atoms with Crippen molar-refractivity contribution in [1.82, 2.24) is 5.32 Å². The summed E-state index contributed by atoms with van der Waals surface area (Å²) in [4.78, 5) is 12.9. The average Bonchev–Trinajstić information content (AvgIpc) is 3.11. The molecule has 0 unspecified atom stereocenters. The highest BCUT2D eigenvalue weighted by molar-refractivity contribution is 6.30. The normalized spacial score (nSPS) is 21.4. The monoisotopic (exact) mass is 386 g/mol. The number of ether oxygens (including phenoxy) is 1. The van der Waals surface area contributed by atoms with E-state index in [0.717, 1.165) is 17.9 Å². The van der Waals surface area contributed by atoms with Crippen molar-refractivity contribution in [3.8, 4) is 0 Å². The molecule has 0 bridgehead atoms. The van der Waals surface area contributed by atoms with Crippen LogP contribution in [0.25, 0.3) is 0 Å². The summed E-state index contributed by atoms with van der Waals surface area (Å²) in [5.41, 5.74) is 6.80. The molecule has 0 radical (unpaired) electrons. The molecule has 1 saturated heterocycles. The van der Waals surface area contributed by atoms with E-state index in [1.807, 2.05) is 12.1 Å². The molecule has 25 heavy (non-hydrogen) atoms. The molecule has 1 saturated carbocycles. The number of carbonyl (C=O) groups is 1. The standard InChI is InChI=1S/C19H27ClN2O2.ClH/c20-16-5-3-15(4-6-16)19(7-1-2-8-19)14-22-17(23)18(13-21)9-11-24-12-10-18;/h3-6H,1-2,7-14,21H2,(H,22,23);1H. The van der Waals surface area contributed by atoms with Gasteiger partial charge in [-0.25, -0.2) is 0 Å². The quantitative estimate of drug-likeness (QED) is 0.814. The van der Waals surface area contributed by atoms with Crippen molar-refractivity contribution < 1.29 is 9.53 Å². The maximum absolute atomic E-state index is 12.9. The molecule has 1 aromatic carbocycles. The number of rotatable bonds is 5. The number of halogens is 2. The van der Waals surface area contributed by atoms with Gasteiger partial charge in [0.2, 0.25) is 5.91 Å². The predicted octanol–water partition coefficient (Wildman–Crippen LogP) is 3.45. The first-order valence-corrected chi connectivity index (χ1v) is 9.30. The third kappa shape index (κ3) is 4.30. The third-order valence-electron chi connectivity index (χ3n) is 5.93. The Morgan fingerprint density at radius 3 is 2.28 bits per heavy atom. The number of nitrogens with two attached hydrogens (primary N) is 1. The number of hydrogen-bond acceptors (Lipinski definition) is 3. The molecule has 6 heteroatoms. The molecule has 2 fully saturated rings. The second-order valence-electron chi connectivity index (χ2n) is 7.27. The fourth-order valence-electron chi connectivity index (χ4n) is 4.15. The van der Waals surface area contributed by atoms with Gasteiger partial charge in [0.15, 0.2) is 0 Å². The Balaban J connectivity index is 0.00000225. The number of benzene rings is 1. The third-order valence-corrected chi connectivity index (χ3v) is 6.18. The first-order valence-electron chi connectivity index (χ1n) is 8.92. The fourth-order valence-corrected chi connectivity index (χ4v) is 4.27. The molecule has 140 valence electrons. The minimum atomic E-state index is -0.460. The summed E-state index contributed by atoms with van der Waals surface area (Å²) in [6, 6.07) is 8.09. The second kappa shape index (κ2) is 8.72. The van der Waals surface area contributed by atoms with Gasteiger partial charge in [-0.15, -0.1) is 12.4 Å². The molecule has 1 aliphatic heterocycles. The minimum absolute atomic E-state index is 0.